The standard InChI is InChI=1S/C23H35N3O2S/c1-21(2)12-8-13-22(3)17(21)11-14-23(4,28)18(22)15-19(27)25-26-20(29)24-16-9-6-5-7-10-16/h5-7,9-10,17-18,28H,8,11-15H2,1-4H3,(H,25,27)(H2,24,26,29)/t17-,18+,22-,23+/m1/s1. The van der Waals surface area contributed by atoms with Gasteiger partial charge in [0.1, 0.15) is 0 Å². The van der Waals surface area contributed by atoms with Crippen LogP contribution in [0.25, 0.3) is 0 Å². The zero-order valence-corrected chi connectivity index (χ0v) is 18.9. The van der Waals surface area contributed by atoms with E-state index >= 15 is 0 Å². The van der Waals surface area contributed by atoms with E-state index in [1.165, 1.54) is 6.42 Å². The van der Waals surface area contributed by atoms with Gasteiger partial charge in [-0.2, -0.15) is 0 Å². The van der Waals surface area contributed by atoms with Crippen LogP contribution in [0.4, 0.5) is 5.69 Å². The van der Waals surface area contributed by atoms with Crippen molar-refractivity contribution in [1.29, 1.82) is 0 Å². The Balaban J connectivity index is 1.63. The number of anilines is 1. The molecule has 0 bridgehead atoms. The third kappa shape index (κ3) is 4.75. The molecule has 0 aliphatic heterocycles. The summed E-state index contributed by atoms with van der Waals surface area (Å²) in [5, 5.41) is 14.6. The van der Waals surface area contributed by atoms with Crippen molar-refractivity contribution >= 4 is 28.9 Å². The van der Waals surface area contributed by atoms with Crippen LogP contribution in [0.2, 0.25) is 0 Å². The maximum atomic E-state index is 12.8. The van der Waals surface area contributed by atoms with Crippen LogP contribution in [-0.4, -0.2) is 21.7 Å². The number of amides is 1. The van der Waals surface area contributed by atoms with Gasteiger partial charge in [0.2, 0.25) is 5.91 Å². The van der Waals surface area contributed by atoms with Crippen molar-refractivity contribution in [3.8, 4) is 0 Å². The van der Waals surface area contributed by atoms with E-state index in [4.69, 9.17) is 12.2 Å². The fourth-order valence-electron chi connectivity index (χ4n) is 6.12. The van der Waals surface area contributed by atoms with Crippen molar-refractivity contribution in [3.63, 3.8) is 0 Å². The minimum absolute atomic E-state index is 0.0381. The van der Waals surface area contributed by atoms with Gasteiger partial charge in [-0.3, -0.25) is 15.6 Å². The number of nitrogens with one attached hydrogen (secondary N) is 3. The van der Waals surface area contributed by atoms with E-state index in [1.807, 2.05) is 37.3 Å². The van der Waals surface area contributed by atoms with Crippen molar-refractivity contribution in [2.75, 3.05) is 5.32 Å². The van der Waals surface area contributed by atoms with Crippen LogP contribution in [0.5, 0.6) is 0 Å². The first-order valence-electron chi connectivity index (χ1n) is 10.7. The highest BCUT2D eigenvalue weighted by Crippen LogP contribution is 2.62. The molecule has 2 aliphatic rings. The number of hydrogen-bond acceptors (Lipinski definition) is 3. The highest BCUT2D eigenvalue weighted by molar-refractivity contribution is 7.80. The van der Waals surface area contributed by atoms with E-state index in [0.29, 0.717) is 11.0 Å². The predicted octanol–water partition coefficient (Wildman–Crippen LogP) is 4.39. The molecule has 1 aromatic rings. The zero-order valence-electron chi connectivity index (χ0n) is 18.0. The highest BCUT2D eigenvalue weighted by Gasteiger charge is 2.58. The van der Waals surface area contributed by atoms with Crippen LogP contribution in [0.3, 0.4) is 0 Å². The molecule has 4 N–H and O–H groups in total. The third-order valence-corrected chi connectivity index (χ3v) is 7.70. The second kappa shape index (κ2) is 8.23. The molecule has 5 nitrogen and oxygen atoms in total. The van der Waals surface area contributed by atoms with Crippen molar-refractivity contribution in [1.82, 2.24) is 10.9 Å². The first kappa shape index (κ1) is 22.0. The molecule has 2 aliphatic carbocycles. The largest absolute Gasteiger partial charge is 0.390 e. The molecule has 2 saturated carbocycles. The van der Waals surface area contributed by atoms with Crippen molar-refractivity contribution in [3.05, 3.63) is 30.3 Å². The number of rotatable bonds is 3. The number of fused-ring (bicyclic) bond motifs is 1. The molecule has 0 spiro atoms. The molecule has 0 saturated heterocycles. The number of hydrazine groups is 1. The molecule has 0 unspecified atom stereocenters. The Labute approximate surface area is 180 Å². The summed E-state index contributed by atoms with van der Waals surface area (Å²) in [5.74, 6) is 0.305. The predicted molar refractivity (Wildman–Crippen MR) is 121 cm³/mol. The summed E-state index contributed by atoms with van der Waals surface area (Å²) in [6.07, 6.45) is 5.49. The fraction of sp³-hybridized carbons (Fsp3) is 0.652. The van der Waals surface area contributed by atoms with Gasteiger partial charge >= 0.3 is 0 Å². The molecule has 0 heterocycles. The van der Waals surface area contributed by atoms with Gasteiger partial charge in [-0.1, -0.05) is 45.4 Å². The number of para-hydroxylation sites is 1. The number of aliphatic hydroxyl groups is 1. The van der Waals surface area contributed by atoms with Gasteiger partial charge < -0.3 is 10.4 Å². The lowest BCUT2D eigenvalue weighted by Gasteiger charge is -2.61. The average molecular weight is 418 g/mol. The quantitative estimate of drug-likeness (QED) is 0.434. The Bertz CT molecular complexity index is 750. The molecule has 1 aromatic carbocycles. The van der Waals surface area contributed by atoms with Crippen molar-refractivity contribution in [2.45, 2.75) is 71.8 Å². The van der Waals surface area contributed by atoms with E-state index in [1.54, 1.807) is 0 Å². The summed E-state index contributed by atoms with van der Waals surface area (Å²) in [6, 6.07) is 9.57. The number of hydrogen-bond donors (Lipinski definition) is 4. The molecule has 2 fully saturated rings. The highest BCUT2D eigenvalue weighted by atomic mass is 32.1. The molecular formula is C23H35N3O2S. The first-order chi connectivity index (χ1) is 13.5. The van der Waals surface area contributed by atoms with Gasteiger partial charge in [0.05, 0.1) is 5.60 Å². The number of benzene rings is 1. The Kier molecular flexibility index (Phi) is 6.25. The zero-order chi connectivity index (χ0) is 21.3. The summed E-state index contributed by atoms with van der Waals surface area (Å²) in [7, 11) is 0. The molecule has 6 heteroatoms. The van der Waals surface area contributed by atoms with E-state index in [2.05, 4.69) is 36.9 Å². The first-order valence-corrected chi connectivity index (χ1v) is 11.1. The van der Waals surface area contributed by atoms with Crippen LogP contribution in [-0.2, 0) is 4.79 Å². The van der Waals surface area contributed by atoms with Crippen LogP contribution in [0.1, 0.15) is 66.2 Å². The second-order valence-corrected chi connectivity index (χ2v) is 10.5. The van der Waals surface area contributed by atoms with Crippen LogP contribution in [0, 0.1) is 22.7 Å². The van der Waals surface area contributed by atoms with E-state index in [9.17, 15) is 9.90 Å². The van der Waals surface area contributed by atoms with E-state index in [-0.39, 0.29) is 29.1 Å². The number of carbonyl (C=O) groups excluding carboxylic acids is 1. The molecule has 29 heavy (non-hydrogen) atoms. The van der Waals surface area contributed by atoms with Crippen molar-refractivity contribution < 1.29 is 9.90 Å². The normalized spacial score (nSPS) is 33.3. The maximum Gasteiger partial charge on any atom is 0.238 e. The Morgan fingerprint density at radius 1 is 1.10 bits per heavy atom. The van der Waals surface area contributed by atoms with Gasteiger partial charge in [0.15, 0.2) is 5.11 Å². The molecule has 4 atom stereocenters. The number of carbonyl (C=O) groups is 1. The average Bonchev–Trinajstić information content (AvgIpc) is 2.63. The van der Waals surface area contributed by atoms with Crippen molar-refractivity contribution in [2.24, 2.45) is 22.7 Å². The second-order valence-electron chi connectivity index (χ2n) is 10.0. The Morgan fingerprint density at radius 3 is 2.48 bits per heavy atom. The van der Waals surface area contributed by atoms with Gasteiger partial charge in [-0.05, 0) is 73.7 Å². The molecule has 1 amide bonds. The van der Waals surface area contributed by atoms with E-state index in [0.717, 1.165) is 31.4 Å². The molecule has 0 aromatic heterocycles. The van der Waals surface area contributed by atoms with Gasteiger partial charge in [0, 0.05) is 18.0 Å². The van der Waals surface area contributed by atoms with Crippen LogP contribution in [0.15, 0.2) is 30.3 Å². The lowest BCUT2D eigenvalue weighted by atomic mass is 9.45. The summed E-state index contributed by atoms with van der Waals surface area (Å²) >= 11 is 5.26. The monoisotopic (exact) mass is 417 g/mol. The van der Waals surface area contributed by atoms with Gasteiger partial charge in [0.25, 0.3) is 0 Å². The SMILES string of the molecule is CC1(C)CCC[C@]2(C)[C@@H]1CC[C@](C)(O)[C@H]2CC(=O)NNC(=S)Nc1ccccc1. The third-order valence-electron chi connectivity index (χ3n) is 7.50. The summed E-state index contributed by atoms with van der Waals surface area (Å²) in [5.41, 5.74) is 5.74. The van der Waals surface area contributed by atoms with Crippen LogP contribution >= 0.6 is 12.2 Å². The Hall–Kier alpha value is -1.66. The lowest BCUT2D eigenvalue weighted by molar-refractivity contribution is -0.173. The Morgan fingerprint density at radius 2 is 1.79 bits per heavy atom. The summed E-state index contributed by atoms with van der Waals surface area (Å²) < 4.78 is 0. The van der Waals surface area contributed by atoms with Crippen LogP contribution < -0.4 is 16.2 Å². The van der Waals surface area contributed by atoms with E-state index < -0.39 is 5.60 Å². The minimum atomic E-state index is -0.835. The molecular weight excluding hydrogens is 382 g/mol. The lowest BCUT2D eigenvalue weighted by Crippen LogP contribution is -2.59. The summed E-state index contributed by atoms with van der Waals surface area (Å²) in [6.45, 7) is 8.89. The van der Waals surface area contributed by atoms with Gasteiger partial charge in [-0.25, -0.2) is 0 Å². The minimum Gasteiger partial charge on any atom is -0.390 e. The maximum absolute atomic E-state index is 12.8. The smallest absolute Gasteiger partial charge is 0.238 e. The fourth-order valence-corrected chi connectivity index (χ4v) is 6.29. The van der Waals surface area contributed by atoms with Gasteiger partial charge in [-0.15, -0.1) is 0 Å². The molecule has 3 rings (SSSR count). The molecule has 0 radical (unpaired) electrons. The molecule has 160 valence electrons. The number of thiocarbonyl (C=S) groups is 1. The summed E-state index contributed by atoms with van der Waals surface area (Å²) in [4.78, 5) is 12.8. The topological polar surface area (TPSA) is 73.4 Å².